The van der Waals surface area contributed by atoms with Crippen LogP contribution >= 0.6 is 0 Å². The molecule has 1 aliphatic heterocycles. The molecule has 0 amide bonds. The van der Waals surface area contributed by atoms with Crippen LogP contribution in [0.4, 0.5) is 0 Å². The number of carbonyl (C=O) groups is 3. The van der Waals surface area contributed by atoms with Crippen LogP contribution in [-0.4, -0.2) is 24.1 Å². The fraction of sp³-hybridized carbons (Fsp3) is 0.206. The lowest BCUT2D eigenvalue weighted by Gasteiger charge is -2.37. The largest absolute Gasteiger partial charge is 0.472 e. The molecule has 5 rings (SSSR count). The second kappa shape index (κ2) is 10.7. The summed E-state index contributed by atoms with van der Waals surface area (Å²) in [6.07, 6.45) is 4.16. The molecule has 0 saturated carbocycles. The van der Waals surface area contributed by atoms with E-state index < -0.39 is 11.6 Å². The van der Waals surface area contributed by atoms with Gasteiger partial charge in [-0.3, -0.25) is 9.59 Å². The smallest absolute Gasteiger partial charge is 0.339 e. The van der Waals surface area contributed by atoms with Gasteiger partial charge in [-0.25, -0.2) is 4.79 Å². The molecular weight excluding hydrogens is 488 g/mol. The number of fused-ring (bicyclic) bond motifs is 3. The van der Waals surface area contributed by atoms with Gasteiger partial charge in [-0.05, 0) is 36.9 Å². The van der Waals surface area contributed by atoms with Crippen molar-refractivity contribution in [2.24, 2.45) is 0 Å². The zero-order valence-electron chi connectivity index (χ0n) is 22.3. The van der Waals surface area contributed by atoms with Gasteiger partial charge in [0.25, 0.3) is 0 Å². The van der Waals surface area contributed by atoms with E-state index in [0.717, 1.165) is 27.5 Å². The number of esters is 1. The molecule has 0 aliphatic carbocycles. The van der Waals surface area contributed by atoms with E-state index in [9.17, 15) is 14.4 Å². The average molecular weight is 519 g/mol. The van der Waals surface area contributed by atoms with Crippen LogP contribution in [0.25, 0.3) is 16.8 Å². The molecule has 4 aromatic carbocycles. The van der Waals surface area contributed by atoms with Crippen LogP contribution in [0.2, 0.25) is 0 Å². The molecule has 0 spiro atoms. The zero-order chi connectivity index (χ0) is 27.6. The lowest BCUT2D eigenvalue weighted by atomic mass is 9.81. The number of carbonyl (C=O) groups excluding carboxylic acids is 3. The van der Waals surface area contributed by atoms with Crippen LogP contribution in [-0.2, 0) is 26.3 Å². The molecule has 196 valence electrons. The van der Waals surface area contributed by atoms with Gasteiger partial charge in [0.2, 0.25) is 0 Å². The average Bonchev–Trinajstić information content (AvgIpc) is 2.96. The maximum atomic E-state index is 13.5. The molecule has 0 fully saturated rings. The van der Waals surface area contributed by atoms with E-state index in [2.05, 4.69) is 12.1 Å². The molecule has 0 radical (unpaired) electrons. The molecule has 5 heteroatoms. The molecule has 0 aromatic heterocycles. The minimum absolute atomic E-state index is 0.0512. The first-order valence-electron chi connectivity index (χ1n) is 13.1. The van der Waals surface area contributed by atoms with Crippen molar-refractivity contribution in [3.8, 4) is 5.75 Å². The number of hydrogen-bond acceptors (Lipinski definition) is 5. The Kier molecular flexibility index (Phi) is 7.16. The Morgan fingerprint density at radius 1 is 0.846 bits per heavy atom. The Morgan fingerprint density at radius 2 is 1.49 bits per heavy atom. The van der Waals surface area contributed by atoms with E-state index in [-0.39, 0.29) is 36.6 Å². The Labute approximate surface area is 228 Å². The van der Waals surface area contributed by atoms with Crippen LogP contribution in [0.3, 0.4) is 0 Å². The second-order valence-electron chi connectivity index (χ2n) is 9.89. The molecule has 4 aromatic rings. The van der Waals surface area contributed by atoms with Gasteiger partial charge < -0.3 is 9.47 Å². The number of hydrogen-bond donors (Lipinski definition) is 0. The van der Waals surface area contributed by atoms with Gasteiger partial charge in [-0.1, -0.05) is 91.3 Å². The third-order valence-electron chi connectivity index (χ3n) is 7.13. The molecule has 1 heterocycles. The Hall–Kier alpha value is -4.51. The number of Topliss-reactive ketones (excluding diaryl/α,β-unsaturated/α-hetero) is 2. The molecule has 0 N–H and O–H groups in total. The first kappa shape index (κ1) is 26.1. The monoisotopic (exact) mass is 518 g/mol. The van der Waals surface area contributed by atoms with Crippen molar-refractivity contribution in [3.05, 3.63) is 118 Å². The van der Waals surface area contributed by atoms with Crippen molar-refractivity contribution in [3.63, 3.8) is 0 Å². The van der Waals surface area contributed by atoms with E-state index in [0.29, 0.717) is 16.9 Å². The predicted octanol–water partition coefficient (Wildman–Crippen LogP) is 6.77. The first-order chi connectivity index (χ1) is 18.8. The summed E-state index contributed by atoms with van der Waals surface area (Å²) < 4.78 is 12.5. The van der Waals surface area contributed by atoms with Crippen molar-refractivity contribution in [2.45, 2.75) is 39.2 Å². The quantitative estimate of drug-likeness (QED) is 0.241. The molecule has 1 aliphatic rings. The van der Waals surface area contributed by atoms with Crippen LogP contribution in [0.5, 0.6) is 5.75 Å². The summed E-state index contributed by atoms with van der Waals surface area (Å²) in [4.78, 5) is 37.9. The topological polar surface area (TPSA) is 69.7 Å². The van der Waals surface area contributed by atoms with E-state index in [1.54, 1.807) is 6.92 Å². The third kappa shape index (κ3) is 4.88. The Balaban J connectivity index is 1.78. The number of aryl methyl sites for hydroxylation is 1. The zero-order valence-corrected chi connectivity index (χ0v) is 22.3. The van der Waals surface area contributed by atoms with Gasteiger partial charge >= 0.3 is 5.97 Å². The van der Waals surface area contributed by atoms with Gasteiger partial charge in [0.05, 0.1) is 5.56 Å². The lowest BCUT2D eigenvalue weighted by molar-refractivity contribution is -0.121. The fourth-order valence-corrected chi connectivity index (χ4v) is 5.11. The summed E-state index contributed by atoms with van der Waals surface area (Å²) in [5.74, 6) is -0.386. The summed E-state index contributed by atoms with van der Waals surface area (Å²) >= 11 is 0. The van der Waals surface area contributed by atoms with Crippen LogP contribution in [0, 0.1) is 6.92 Å². The highest BCUT2D eigenvalue weighted by atomic mass is 16.5. The second-order valence-corrected chi connectivity index (χ2v) is 9.89. The van der Waals surface area contributed by atoms with E-state index in [1.807, 2.05) is 85.8 Å². The van der Waals surface area contributed by atoms with E-state index >= 15 is 0 Å². The highest BCUT2D eigenvalue weighted by molar-refractivity contribution is 6.08. The molecule has 0 saturated heterocycles. The van der Waals surface area contributed by atoms with Crippen LogP contribution < -0.4 is 4.74 Å². The third-order valence-corrected chi connectivity index (χ3v) is 7.13. The first-order valence-corrected chi connectivity index (χ1v) is 13.1. The van der Waals surface area contributed by atoms with Gasteiger partial charge in [0, 0.05) is 34.9 Å². The normalized spacial score (nSPS) is 15.9. The lowest BCUT2D eigenvalue weighted by Crippen LogP contribution is -2.35. The molecule has 5 nitrogen and oxygen atoms in total. The minimum Gasteiger partial charge on any atom is -0.472 e. The van der Waals surface area contributed by atoms with Gasteiger partial charge in [0.1, 0.15) is 18.1 Å². The molecular formula is C34H30O5. The fourth-order valence-electron chi connectivity index (χ4n) is 5.11. The van der Waals surface area contributed by atoms with Crippen molar-refractivity contribution < 1.29 is 23.9 Å². The summed E-state index contributed by atoms with van der Waals surface area (Å²) in [6, 6.07) is 25.8. The molecule has 1 atom stereocenters. The SMILES string of the molecule is CCC(=O)COC(=O)c1c2c(c3ccccc3c1CC(C)=O)OC(c1ccccc1)(c1ccc(C)cc1)C=C2. The number of ketones is 2. The van der Waals surface area contributed by atoms with E-state index in [4.69, 9.17) is 9.47 Å². The summed E-state index contributed by atoms with van der Waals surface area (Å²) in [5, 5.41) is 1.53. The number of benzene rings is 4. The minimum atomic E-state index is -0.952. The molecule has 0 bridgehead atoms. The van der Waals surface area contributed by atoms with Crippen molar-refractivity contribution in [1.29, 1.82) is 0 Å². The summed E-state index contributed by atoms with van der Waals surface area (Å²) in [6.45, 7) is 4.93. The highest BCUT2D eigenvalue weighted by Gasteiger charge is 2.39. The van der Waals surface area contributed by atoms with Crippen molar-refractivity contribution in [2.75, 3.05) is 6.61 Å². The van der Waals surface area contributed by atoms with Crippen molar-refractivity contribution in [1.82, 2.24) is 0 Å². The van der Waals surface area contributed by atoms with Crippen molar-refractivity contribution >= 4 is 34.4 Å². The summed E-state index contributed by atoms with van der Waals surface area (Å²) in [7, 11) is 0. The van der Waals surface area contributed by atoms with Crippen LogP contribution in [0.1, 0.15) is 58.4 Å². The number of rotatable bonds is 8. The standard InChI is InChI=1S/C34H30O5/c1-4-26(36)21-38-33(37)31-29-18-19-34(24-10-6-5-7-11-24,25-16-14-22(2)15-17-25)39-32(29)28-13-9-8-12-27(28)30(31)20-23(3)35/h5-19H,4,20-21H2,1-3H3. The number of ether oxygens (including phenoxy) is 2. The van der Waals surface area contributed by atoms with E-state index in [1.165, 1.54) is 6.92 Å². The van der Waals surface area contributed by atoms with Gasteiger partial charge in [0.15, 0.2) is 11.4 Å². The van der Waals surface area contributed by atoms with Crippen LogP contribution in [0.15, 0.2) is 84.9 Å². The van der Waals surface area contributed by atoms with Gasteiger partial charge in [-0.15, -0.1) is 0 Å². The summed E-state index contributed by atoms with van der Waals surface area (Å²) in [5.41, 5.74) is 3.42. The Morgan fingerprint density at radius 3 is 2.15 bits per heavy atom. The maximum absolute atomic E-state index is 13.5. The highest BCUT2D eigenvalue weighted by Crippen LogP contribution is 2.47. The maximum Gasteiger partial charge on any atom is 0.339 e. The Bertz CT molecular complexity index is 1600. The molecule has 39 heavy (non-hydrogen) atoms. The van der Waals surface area contributed by atoms with Gasteiger partial charge in [-0.2, -0.15) is 0 Å². The molecule has 1 unspecified atom stereocenters. The predicted molar refractivity (Wildman–Crippen MR) is 152 cm³/mol.